The topological polar surface area (TPSA) is 67.3 Å². The second kappa shape index (κ2) is 7.77. The molecule has 2 heterocycles. The first-order valence-corrected chi connectivity index (χ1v) is 8.38. The summed E-state index contributed by atoms with van der Waals surface area (Å²) in [7, 11) is 0. The Morgan fingerprint density at radius 3 is 2.67 bits per heavy atom. The predicted octanol–water partition coefficient (Wildman–Crippen LogP) is 3.12. The van der Waals surface area contributed by atoms with E-state index in [0.717, 1.165) is 18.9 Å². The van der Waals surface area contributed by atoms with Gasteiger partial charge in [-0.15, -0.1) is 0 Å². The molecule has 1 aromatic carbocycles. The summed E-state index contributed by atoms with van der Waals surface area (Å²) in [4.78, 5) is 23.3. The van der Waals surface area contributed by atoms with Crippen molar-refractivity contribution in [2.45, 2.75) is 26.2 Å². The average molecular weight is 326 g/mol. The number of hydrogen-bond acceptors (Lipinski definition) is 5. The number of carbonyl (C=O) groups is 1. The van der Waals surface area contributed by atoms with E-state index < -0.39 is 0 Å². The van der Waals surface area contributed by atoms with Gasteiger partial charge in [0, 0.05) is 13.1 Å². The third-order valence-electron chi connectivity index (χ3n) is 3.99. The Kier molecular flexibility index (Phi) is 5.25. The van der Waals surface area contributed by atoms with E-state index in [1.54, 1.807) is 12.3 Å². The van der Waals surface area contributed by atoms with E-state index in [0.29, 0.717) is 23.7 Å². The Hall–Kier alpha value is -2.63. The molecule has 1 amide bonds. The molecule has 6 heteroatoms. The number of nitrogens with one attached hydrogen (secondary N) is 1. The monoisotopic (exact) mass is 326 g/mol. The van der Waals surface area contributed by atoms with Gasteiger partial charge in [-0.2, -0.15) is 0 Å². The number of piperidine rings is 1. The number of nitrogens with zero attached hydrogens (tertiary/aromatic N) is 3. The highest BCUT2D eigenvalue weighted by Crippen LogP contribution is 2.24. The molecule has 0 spiro atoms. The molecule has 0 radical (unpaired) electrons. The molecular weight excluding hydrogens is 304 g/mol. The van der Waals surface area contributed by atoms with E-state index in [4.69, 9.17) is 4.74 Å². The molecule has 1 aliphatic rings. The van der Waals surface area contributed by atoms with Gasteiger partial charge in [0.05, 0.1) is 24.7 Å². The Bertz CT molecular complexity index is 682. The summed E-state index contributed by atoms with van der Waals surface area (Å²) in [5.74, 6) is 1.19. The van der Waals surface area contributed by atoms with E-state index in [1.165, 1.54) is 25.5 Å². The van der Waals surface area contributed by atoms with Crippen LogP contribution in [0, 0.1) is 0 Å². The van der Waals surface area contributed by atoms with Crippen LogP contribution in [-0.2, 0) is 0 Å². The number of ether oxygens (including phenoxy) is 1. The van der Waals surface area contributed by atoms with Gasteiger partial charge in [-0.25, -0.2) is 9.97 Å². The molecule has 0 atom stereocenters. The van der Waals surface area contributed by atoms with E-state index in [2.05, 4.69) is 20.2 Å². The summed E-state index contributed by atoms with van der Waals surface area (Å²) in [5.41, 5.74) is 0.924. The van der Waals surface area contributed by atoms with Gasteiger partial charge < -0.3 is 15.0 Å². The number of amides is 1. The van der Waals surface area contributed by atoms with Gasteiger partial charge in [0.1, 0.15) is 17.3 Å². The fraction of sp³-hybridized carbons (Fsp3) is 0.389. The number of anilines is 2. The maximum Gasteiger partial charge on any atom is 0.275 e. The molecular formula is C18H22N4O2. The van der Waals surface area contributed by atoms with Crippen molar-refractivity contribution < 1.29 is 9.53 Å². The number of aromatic nitrogens is 2. The maximum absolute atomic E-state index is 12.4. The second-order valence-electron chi connectivity index (χ2n) is 5.69. The van der Waals surface area contributed by atoms with Crippen LogP contribution in [0.1, 0.15) is 36.7 Å². The molecule has 6 nitrogen and oxygen atoms in total. The highest BCUT2D eigenvalue weighted by atomic mass is 16.5. The van der Waals surface area contributed by atoms with Gasteiger partial charge in [0.15, 0.2) is 0 Å². The SMILES string of the molecule is CCOc1ccccc1NC(=O)c1cnc(N2CCCCC2)cn1. The lowest BCUT2D eigenvalue weighted by atomic mass is 10.1. The van der Waals surface area contributed by atoms with Crippen LogP contribution in [0.3, 0.4) is 0 Å². The van der Waals surface area contributed by atoms with Crippen molar-refractivity contribution in [2.24, 2.45) is 0 Å². The predicted molar refractivity (Wildman–Crippen MR) is 93.7 cm³/mol. The van der Waals surface area contributed by atoms with Crippen LogP contribution in [0.5, 0.6) is 5.75 Å². The molecule has 126 valence electrons. The minimum absolute atomic E-state index is 0.292. The molecule has 0 unspecified atom stereocenters. The van der Waals surface area contributed by atoms with Gasteiger partial charge in [-0.05, 0) is 38.3 Å². The van der Waals surface area contributed by atoms with Crippen LogP contribution < -0.4 is 15.0 Å². The maximum atomic E-state index is 12.4. The minimum Gasteiger partial charge on any atom is -0.492 e. The molecule has 24 heavy (non-hydrogen) atoms. The minimum atomic E-state index is -0.292. The first-order valence-electron chi connectivity index (χ1n) is 8.38. The van der Waals surface area contributed by atoms with Crippen molar-refractivity contribution in [1.29, 1.82) is 0 Å². The van der Waals surface area contributed by atoms with Crippen molar-refractivity contribution in [1.82, 2.24) is 9.97 Å². The van der Waals surface area contributed by atoms with Gasteiger partial charge in [0.25, 0.3) is 5.91 Å². The molecule has 0 aliphatic carbocycles. The lowest BCUT2D eigenvalue weighted by Gasteiger charge is -2.27. The molecule has 1 saturated heterocycles. The van der Waals surface area contributed by atoms with Crippen molar-refractivity contribution >= 4 is 17.4 Å². The van der Waals surface area contributed by atoms with E-state index in [-0.39, 0.29) is 5.91 Å². The highest BCUT2D eigenvalue weighted by molar-refractivity contribution is 6.03. The van der Waals surface area contributed by atoms with Gasteiger partial charge >= 0.3 is 0 Å². The van der Waals surface area contributed by atoms with Gasteiger partial charge in [-0.3, -0.25) is 4.79 Å². The number of para-hydroxylation sites is 2. The molecule has 1 aliphatic heterocycles. The lowest BCUT2D eigenvalue weighted by molar-refractivity contribution is 0.102. The summed E-state index contributed by atoms with van der Waals surface area (Å²) in [5, 5.41) is 2.83. The molecule has 1 aromatic heterocycles. The Balaban J connectivity index is 1.69. The number of rotatable bonds is 5. The van der Waals surface area contributed by atoms with E-state index in [1.807, 2.05) is 25.1 Å². The van der Waals surface area contributed by atoms with Crippen molar-refractivity contribution in [2.75, 3.05) is 29.9 Å². The van der Waals surface area contributed by atoms with Crippen molar-refractivity contribution in [3.63, 3.8) is 0 Å². The Morgan fingerprint density at radius 2 is 1.96 bits per heavy atom. The van der Waals surface area contributed by atoms with E-state index in [9.17, 15) is 4.79 Å². The normalized spacial score (nSPS) is 14.3. The number of hydrogen-bond donors (Lipinski definition) is 1. The molecule has 1 fully saturated rings. The van der Waals surface area contributed by atoms with Gasteiger partial charge in [-0.1, -0.05) is 12.1 Å². The molecule has 3 rings (SSSR count). The highest BCUT2D eigenvalue weighted by Gasteiger charge is 2.15. The molecule has 0 saturated carbocycles. The Morgan fingerprint density at radius 1 is 1.17 bits per heavy atom. The zero-order valence-electron chi connectivity index (χ0n) is 13.9. The zero-order chi connectivity index (χ0) is 16.8. The number of benzene rings is 1. The smallest absolute Gasteiger partial charge is 0.275 e. The quantitative estimate of drug-likeness (QED) is 0.914. The van der Waals surface area contributed by atoms with Crippen LogP contribution in [0.15, 0.2) is 36.7 Å². The Labute approximate surface area is 141 Å². The van der Waals surface area contributed by atoms with Crippen LogP contribution in [-0.4, -0.2) is 35.6 Å². The average Bonchev–Trinajstić information content (AvgIpc) is 2.64. The fourth-order valence-corrected chi connectivity index (χ4v) is 2.76. The van der Waals surface area contributed by atoms with Crippen LogP contribution in [0.4, 0.5) is 11.5 Å². The fourth-order valence-electron chi connectivity index (χ4n) is 2.76. The van der Waals surface area contributed by atoms with Crippen molar-refractivity contribution in [3.05, 3.63) is 42.4 Å². The van der Waals surface area contributed by atoms with Crippen LogP contribution in [0.2, 0.25) is 0 Å². The van der Waals surface area contributed by atoms with Crippen LogP contribution in [0.25, 0.3) is 0 Å². The lowest BCUT2D eigenvalue weighted by Crippen LogP contribution is -2.30. The number of carbonyl (C=O) groups excluding carboxylic acids is 1. The van der Waals surface area contributed by atoms with Crippen molar-refractivity contribution in [3.8, 4) is 5.75 Å². The second-order valence-corrected chi connectivity index (χ2v) is 5.69. The summed E-state index contributed by atoms with van der Waals surface area (Å²) in [6, 6.07) is 7.35. The zero-order valence-corrected chi connectivity index (χ0v) is 13.9. The van der Waals surface area contributed by atoms with Crippen LogP contribution >= 0.6 is 0 Å². The summed E-state index contributed by atoms with van der Waals surface area (Å²) in [6.07, 6.45) is 6.83. The third-order valence-corrected chi connectivity index (χ3v) is 3.99. The third kappa shape index (κ3) is 3.82. The first-order chi connectivity index (χ1) is 11.8. The summed E-state index contributed by atoms with van der Waals surface area (Å²) in [6.45, 7) is 4.45. The summed E-state index contributed by atoms with van der Waals surface area (Å²) < 4.78 is 5.51. The standard InChI is InChI=1S/C18H22N4O2/c1-2-24-16-9-5-4-8-14(16)21-18(23)15-12-20-17(13-19-15)22-10-6-3-7-11-22/h4-5,8-9,12-13H,2-3,6-7,10-11H2,1H3,(H,21,23). The summed E-state index contributed by atoms with van der Waals surface area (Å²) >= 11 is 0. The molecule has 0 bridgehead atoms. The molecule has 2 aromatic rings. The van der Waals surface area contributed by atoms with Gasteiger partial charge in [0.2, 0.25) is 0 Å². The first kappa shape index (κ1) is 16.2. The molecule has 1 N–H and O–H groups in total. The largest absolute Gasteiger partial charge is 0.492 e. The van der Waals surface area contributed by atoms with E-state index >= 15 is 0 Å².